The summed E-state index contributed by atoms with van der Waals surface area (Å²) in [5.74, 6) is -0.556. The number of hydrogen-bond acceptors (Lipinski definition) is 3. The van der Waals surface area contributed by atoms with Crippen LogP contribution >= 0.6 is 0 Å². The Morgan fingerprint density at radius 1 is 1.14 bits per heavy atom. The molecule has 1 atom stereocenters. The molecular weight excluding hydrogens is 266 g/mol. The van der Waals surface area contributed by atoms with Crippen LogP contribution in [0.15, 0.2) is 59.7 Å². The van der Waals surface area contributed by atoms with Crippen molar-refractivity contribution in [1.29, 1.82) is 0 Å². The molecule has 0 bridgehead atoms. The fraction of sp³-hybridized carbons (Fsp3) is 0.133. The first kappa shape index (κ1) is 13.2. The highest BCUT2D eigenvalue weighted by Gasteiger charge is 2.33. The average Bonchev–Trinajstić information content (AvgIpc) is 3.27. The molecule has 1 saturated heterocycles. The van der Waals surface area contributed by atoms with Crippen molar-refractivity contribution in [2.75, 3.05) is 11.7 Å². The van der Waals surface area contributed by atoms with Gasteiger partial charge < -0.3 is 0 Å². The lowest BCUT2D eigenvalue weighted by molar-refractivity contribution is 0.100. The fourth-order valence-corrected chi connectivity index (χ4v) is 2.26. The maximum absolute atomic E-state index is 11.8. The topological polar surface area (TPSA) is 71.9 Å². The molecule has 0 saturated carbocycles. The second kappa shape index (κ2) is 5.66. The maximum Gasteiger partial charge on any atom is 0.251 e. The summed E-state index contributed by atoms with van der Waals surface area (Å²) < 4.78 is 0. The van der Waals surface area contributed by atoms with Gasteiger partial charge in [0.05, 0.1) is 5.69 Å². The number of nitrogens with zero attached hydrogens (tertiary/aromatic N) is 5. The molecule has 2 aromatic carbocycles. The first-order valence-electron chi connectivity index (χ1n) is 6.54. The van der Waals surface area contributed by atoms with Gasteiger partial charge in [-0.05, 0) is 28.3 Å². The average molecular weight is 279 g/mol. The Kier molecular flexibility index (Phi) is 3.55. The number of carbonyl (C=O) groups excluding carboxylic acids is 1. The number of benzene rings is 2. The van der Waals surface area contributed by atoms with Crippen LogP contribution in [-0.2, 0) is 6.54 Å². The van der Waals surface area contributed by atoms with Gasteiger partial charge in [0.25, 0.3) is 5.91 Å². The number of carbonyl (C=O) groups is 1. The number of hydrogen-bond donors (Lipinski definition) is 0. The van der Waals surface area contributed by atoms with E-state index in [1.165, 1.54) is 5.56 Å². The van der Waals surface area contributed by atoms with Crippen LogP contribution in [0, 0.1) is 0 Å². The molecule has 1 aliphatic heterocycles. The Balaban J connectivity index is 1.77. The van der Waals surface area contributed by atoms with Gasteiger partial charge in [-0.3, -0.25) is 9.80 Å². The molecule has 6 nitrogen and oxygen atoms in total. The Morgan fingerprint density at radius 3 is 2.62 bits per heavy atom. The lowest BCUT2D eigenvalue weighted by Gasteiger charge is -2.10. The van der Waals surface area contributed by atoms with Crippen LogP contribution in [0.25, 0.3) is 10.4 Å². The molecule has 6 heteroatoms. The summed E-state index contributed by atoms with van der Waals surface area (Å²) >= 11 is 0. The van der Waals surface area contributed by atoms with E-state index in [2.05, 4.69) is 27.2 Å². The molecule has 3 rings (SSSR count). The van der Waals surface area contributed by atoms with Crippen LogP contribution in [0.5, 0.6) is 0 Å². The van der Waals surface area contributed by atoms with Crippen molar-refractivity contribution in [3.8, 4) is 0 Å². The van der Waals surface area contributed by atoms with Crippen molar-refractivity contribution in [2.45, 2.75) is 6.54 Å². The molecule has 0 aromatic heterocycles. The number of azide groups is 1. The van der Waals surface area contributed by atoms with Crippen molar-refractivity contribution in [3.05, 3.63) is 76.2 Å². The smallest absolute Gasteiger partial charge is 0.251 e. The Bertz CT molecular complexity index is 709. The van der Waals surface area contributed by atoms with Gasteiger partial charge in [0.2, 0.25) is 0 Å². The minimum absolute atomic E-state index is 0.422. The second-order valence-corrected chi connectivity index (χ2v) is 4.70. The largest absolute Gasteiger partial charge is 0.287 e. The SMILES string of the molecule is [N-]=[N+]=NC(=O)c1ccccc1N1CN1Cc1ccccc1. The first-order chi connectivity index (χ1) is 10.3. The van der Waals surface area contributed by atoms with Crippen LogP contribution < -0.4 is 5.01 Å². The van der Waals surface area contributed by atoms with Gasteiger partial charge in [-0.25, -0.2) is 0 Å². The molecule has 1 fully saturated rings. The van der Waals surface area contributed by atoms with Gasteiger partial charge in [0.15, 0.2) is 0 Å². The first-order valence-corrected chi connectivity index (χ1v) is 6.54. The van der Waals surface area contributed by atoms with Gasteiger partial charge in [0, 0.05) is 17.0 Å². The number of hydrazine groups is 1. The Labute approximate surface area is 121 Å². The summed E-state index contributed by atoms with van der Waals surface area (Å²) in [4.78, 5) is 14.4. The molecule has 1 aliphatic rings. The Morgan fingerprint density at radius 2 is 1.86 bits per heavy atom. The molecule has 104 valence electrons. The highest BCUT2D eigenvalue weighted by Crippen LogP contribution is 2.31. The van der Waals surface area contributed by atoms with E-state index in [0.717, 1.165) is 18.9 Å². The molecule has 1 unspecified atom stereocenters. The lowest BCUT2D eigenvalue weighted by Crippen LogP contribution is -2.09. The van der Waals surface area contributed by atoms with Gasteiger partial charge in [0.1, 0.15) is 6.67 Å². The third kappa shape index (κ3) is 2.86. The standard InChI is InChI=1S/C15H13N5O/c16-18-17-15(21)13-8-4-5-9-14(13)20-11-19(20)10-12-6-2-1-3-7-12/h1-9H,10-11H2. The van der Waals surface area contributed by atoms with E-state index in [9.17, 15) is 4.79 Å². The summed E-state index contributed by atoms with van der Waals surface area (Å²) in [6.07, 6.45) is 0. The molecule has 0 radical (unpaired) electrons. The molecule has 0 spiro atoms. The van der Waals surface area contributed by atoms with Crippen molar-refractivity contribution >= 4 is 11.6 Å². The highest BCUT2D eigenvalue weighted by atomic mass is 16.1. The fourth-order valence-electron chi connectivity index (χ4n) is 2.26. The minimum atomic E-state index is -0.556. The third-order valence-corrected chi connectivity index (χ3v) is 3.31. The summed E-state index contributed by atoms with van der Waals surface area (Å²) in [5, 5.41) is 7.27. The van der Waals surface area contributed by atoms with Crippen molar-refractivity contribution in [2.24, 2.45) is 5.11 Å². The van der Waals surface area contributed by atoms with Gasteiger partial charge in [-0.15, -0.1) is 0 Å². The third-order valence-electron chi connectivity index (χ3n) is 3.31. The van der Waals surface area contributed by atoms with Crippen molar-refractivity contribution in [1.82, 2.24) is 5.01 Å². The predicted molar refractivity (Wildman–Crippen MR) is 79.2 cm³/mol. The summed E-state index contributed by atoms with van der Waals surface area (Å²) in [6, 6.07) is 17.3. The predicted octanol–water partition coefficient (Wildman–Crippen LogP) is 3.33. The molecule has 1 amide bonds. The van der Waals surface area contributed by atoms with E-state index in [4.69, 9.17) is 5.53 Å². The summed E-state index contributed by atoms with van der Waals surface area (Å²) in [6.45, 7) is 1.53. The van der Waals surface area contributed by atoms with E-state index >= 15 is 0 Å². The zero-order valence-electron chi connectivity index (χ0n) is 11.3. The lowest BCUT2D eigenvalue weighted by atomic mass is 10.1. The minimum Gasteiger partial charge on any atom is -0.287 e. The number of amides is 1. The van der Waals surface area contributed by atoms with E-state index in [-0.39, 0.29) is 0 Å². The normalized spacial score (nSPS) is 16.2. The highest BCUT2D eigenvalue weighted by molar-refractivity contribution is 6.00. The molecule has 0 aliphatic carbocycles. The van der Waals surface area contributed by atoms with Crippen LogP contribution in [0.4, 0.5) is 5.69 Å². The molecule has 1 heterocycles. The van der Waals surface area contributed by atoms with Crippen LogP contribution in [0.2, 0.25) is 0 Å². The molecule has 2 aromatic rings. The summed E-state index contributed by atoms with van der Waals surface area (Å²) in [5.41, 5.74) is 10.8. The summed E-state index contributed by atoms with van der Waals surface area (Å²) in [7, 11) is 0. The number of anilines is 1. The zero-order valence-corrected chi connectivity index (χ0v) is 11.3. The van der Waals surface area contributed by atoms with Crippen LogP contribution in [0.3, 0.4) is 0 Å². The van der Waals surface area contributed by atoms with E-state index in [1.807, 2.05) is 35.3 Å². The van der Waals surface area contributed by atoms with Crippen molar-refractivity contribution in [3.63, 3.8) is 0 Å². The second-order valence-electron chi connectivity index (χ2n) is 4.70. The zero-order chi connectivity index (χ0) is 14.7. The van der Waals surface area contributed by atoms with Crippen molar-refractivity contribution < 1.29 is 4.79 Å². The number of rotatable bonds is 4. The monoisotopic (exact) mass is 279 g/mol. The molecule has 21 heavy (non-hydrogen) atoms. The van der Waals surface area contributed by atoms with Gasteiger partial charge >= 0.3 is 0 Å². The molecular formula is C15H13N5O. The van der Waals surface area contributed by atoms with E-state index < -0.39 is 5.91 Å². The molecule has 0 N–H and O–H groups in total. The Hall–Kier alpha value is -2.82. The van der Waals surface area contributed by atoms with Crippen LogP contribution in [-0.4, -0.2) is 17.6 Å². The quantitative estimate of drug-likeness (QED) is 0.373. The maximum atomic E-state index is 11.8. The number of para-hydroxylation sites is 1. The van der Waals surface area contributed by atoms with Gasteiger partial charge in [-0.1, -0.05) is 42.5 Å². The van der Waals surface area contributed by atoms with Crippen LogP contribution in [0.1, 0.15) is 15.9 Å². The van der Waals surface area contributed by atoms with Gasteiger partial charge in [-0.2, -0.15) is 5.01 Å². The van der Waals surface area contributed by atoms with E-state index in [0.29, 0.717) is 5.56 Å². The van der Waals surface area contributed by atoms with E-state index in [1.54, 1.807) is 12.1 Å².